The molecular weight excluding hydrogens is 272 g/mol. The van der Waals surface area contributed by atoms with Crippen LogP contribution in [0, 0.1) is 0 Å². The first-order valence-electron chi connectivity index (χ1n) is 6.26. The molecule has 21 heavy (non-hydrogen) atoms. The van der Waals surface area contributed by atoms with Crippen molar-refractivity contribution in [1.29, 1.82) is 0 Å². The highest BCUT2D eigenvalue weighted by Gasteiger charge is 2.10. The molecule has 0 aliphatic carbocycles. The number of carbonyl (C=O) groups excluding carboxylic acids is 1. The summed E-state index contributed by atoms with van der Waals surface area (Å²) in [5.41, 5.74) is 3.80. The molecule has 110 valence electrons. The van der Waals surface area contributed by atoms with E-state index in [-0.39, 0.29) is 5.76 Å². The highest BCUT2D eigenvalue weighted by atomic mass is 16.5. The van der Waals surface area contributed by atoms with E-state index in [1.165, 1.54) is 6.26 Å². The Hall–Kier alpha value is -2.76. The molecule has 0 atom stereocenters. The van der Waals surface area contributed by atoms with E-state index in [2.05, 4.69) is 10.5 Å². The van der Waals surface area contributed by atoms with Gasteiger partial charge in [-0.25, -0.2) is 5.43 Å². The molecule has 6 nitrogen and oxygen atoms in total. The number of ether oxygens (including phenoxy) is 2. The first kappa shape index (κ1) is 14.6. The molecule has 6 heteroatoms. The third kappa shape index (κ3) is 3.42. The van der Waals surface area contributed by atoms with Crippen LogP contribution in [0.2, 0.25) is 0 Å². The Morgan fingerprint density at radius 3 is 2.67 bits per heavy atom. The SMILES string of the molecule is COc1ccc(/C(C)=N\NC(=O)c2ccco2)c(OC)c1. The van der Waals surface area contributed by atoms with Crippen LogP contribution < -0.4 is 14.9 Å². The quantitative estimate of drug-likeness (QED) is 0.677. The number of hydrogen-bond acceptors (Lipinski definition) is 5. The summed E-state index contributed by atoms with van der Waals surface area (Å²) in [6.45, 7) is 1.77. The predicted octanol–water partition coefficient (Wildman–Crippen LogP) is 2.45. The van der Waals surface area contributed by atoms with Crippen molar-refractivity contribution in [2.24, 2.45) is 5.10 Å². The fraction of sp³-hybridized carbons (Fsp3) is 0.200. The molecule has 0 saturated heterocycles. The zero-order valence-electron chi connectivity index (χ0n) is 12.0. The lowest BCUT2D eigenvalue weighted by atomic mass is 10.1. The van der Waals surface area contributed by atoms with Gasteiger partial charge in [-0.1, -0.05) is 0 Å². The first-order valence-corrected chi connectivity index (χ1v) is 6.26. The Balaban J connectivity index is 2.17. The second-order valence-corrected chi connectivity index (χ2v) is 4.18. The van der Waals surface area contributed by atoms with Gasteiger partial charge in [-0.2, -0.15) is 5.10 Å². The van der Waals surface area contributed by atoms with Crippen molar-refractivity contribution in [2.45, 2.75) is 6.92 Å². The van der Waals surface area contributed by atoms with Crippen LogP contribution in [0.15, 0.2) is 46.1 Å². The van der Waals surface area contributed by atoms with Gasteiger partial charge in [0.25, 0.3) is 0 Å². The molecule has 2 rings (SSSR count). The van der Waals surface area contributed by atoms with E-state index in [1.54, 1.807) is 45.4 Å². The van der Waals surface area contributed by atoms with Crippen molar-refractivity contribution in [3.63, 3.8) is 0 Å². The molecule has 0 saturated carbocycles. The highest BCUT2D eigenvalue weighted by Crippen LogP contribution is 2.25. The van der Waals surface area contributed by atoms with Crippen LogP contribution in [-0.2, 0) is 0 Å². The molecule has 2 aromatic rings. The number of hydrazone groups is 1. The molecule has 1 aromatic heterocycles. The van der Waals surface area contributed by atoms with Crippen LogP contribution in [0.3, 0.4) is 0 Å². The van der Waals surface area contributed by atoms with Gasteiger partial charge in [0, 0.05) is 11.6 Å². The molecule has 1 N–H and O–H groups in total. The monoisotopic (exact) mass is 288 g/mol. The van der Waals surface area contributed by atoms with Crippen LogP contribution in [0.1, 0.15) is 23.0 Å². The summed E-state index contributed by atoms with van der Waals surface area (Å²) in [5, 5.41) is 4.05. The smallest absolute Gasteiger partial charge is 0.307 e. The van der Waals surface area contributed by atoms with Crippen LogP contribution in [-0.4, -0.2) is 25.8 Å². The minimum atomic E-state index is -0.410. The van der Waals surface area contributed by atoms with E-state index >= 15 is 0 Å². The number of benzene rings is 1. The first-order chi connectivity index (χ1) is 10.2. The number of nitrogens with zero attached hydrogens (tertiary/aromatic N) is 1. The number of methoxy groups -OCH3 is 2. The van der Waals surface area contributed by atoms with Gasteiger partial charge in [0.05, 0.1) is 26.2 Å². The maximum Gasteiger partial charge on any atom is 0.307 e. The number of amides is 1. The fourth-order valence-electron chi connectivity index (χ4n) is 1.76. The zero-order valence-corrected chi connectivity index (χ0v) is 12.0. The third-order valence-corrected chi connectivity index (χ3v) is 2.87. The summed E-state index contributed by atoms with van der Waals surface area (Å²) in [6, 6.07) is 8.57. The molecule has 0 aliphatic heterocycles. The Bertz CT molecular complexity index is 648. The topological polar surface area (TPSA) is 73.1 Å². The molecule has 0 unspecified atom stereocenters. The Morgan fingerprint density at radius 2 is 2.05 bits per heavy atom. The summed E-state index contributed by atoms with van der Waals surface area (Å²) in [5.74, 6) is 1.09. The number of nitrogens with one attached hydrogen (secondary N) is 1. The van der Waals surface area contributed by atoms with E-state index in [9.17, 15) is 4.79 Å². The van der Waals surface area contributed by atoms with Crippen LogP contribution in [0.5, 0.6) is 11.5 Å². The largest absolute Gasteiger partial charge is 0.497 e. The average Bonchev–Trinajstić information content (AvgIpc) is 3.06. The van der Waals surface area contributed by atoms with Gasteiger partial charge in [-0.05, 0) is 31.2 Å². The lowest BCUT2D eigenvalue weighted by molar-refractivity contribution is 0.0927. The van der Waals surface area contributed by atoms with Gasteiger partial charge >= 0.3 is 5.91 Å². The zero-order chi connectivity index (χ0) is 15.2. The van der Waals surface area contributed by atoms with Gasteiger partial charge in [-0.15, -0.1) is 0 Å². The summed E-state index contributed by atoms with van der Waals surface area (Å²) in [6.07, 6.45) is 1.43. The Labute approximate surface area is 122 Å². The Morgan fingerprint density at radius 1 is 1.24 bits per heavy atom. The van der Waals surface area contributed by atoms with Crippen molar-refractivity contribution in [2.75, 3.05) is 14.2 Å². The molecule has 0 radical (unpaired) electrons. The van der Waals surface area contributed by atoms with Crippen molar-refractivity contribution >= 4 is 11.6 Å². The van der Waals surface area contributed by atoms with Crippen LogP contribution in [0.4, 0.5) is 0 Å². The van der Waals surface area contributed by atoms with Crippen LogP contribution >= 0.6 is 0 Å². The van der Waals surface area contributed by atoms with E-state index in [0.717, 1.165) is 5.56 Å². The lowest BCUT2D eigenvalue weighted by Crippen LogP contribution is -2.18. The lowest BCUT2D eigenvalue weighted by Gasteiger charge is -2.10. The molecule has 0 spiro atoms. The molecule has 1 heterocycles. The van der Waals surface area contributed by atoms with Crippen molar-refractivity contribution in [1.82, 2.24) is 5.43 Å². The summed E-state index contributed by atoms with van der Waals surface area (Å²) in [4.78, 5) is 11.7. The number of carbonyl (C=O) groups is 1. The predicted molar refractivity (Wildman–Crippen MR) is 77.9 cm³/mol. The molecule has 1 aromatic carbocycles. The maximum absolute atomic E-state index is 11.7. The molecular formula is C15H16N2O4. The third-order valence-electron chi connectivity index (χ3n) is 2.87. The van der Waals surface area contributed by atoms with E-state index < -0.39 is 5.91 Å². The normalized spacial score (nSPS) is 11.1. The summed E-state index contributed by atoms with van der Waals surface area (Å²) < 4.78 is 15.4. The number of rotatable bonds is 5. The van der Waals surface area contributed by atoms with E-state index in [0.29, 0.717) is 17.2 Å². The molecule has 0 fully saturated rings. The minimum Gasteiger partial charge on any atom is -0.497 e. The molecule has 0 aliphatic rings. The van der Waals surface area contributed by atoms with Gasteiger partial charge in [-0.3, -0.25) is 4.79 Å². The van der Waals surface area contributed by atoms with Crippen LogP contribution in [0.25, 0.3) is 0 Å². The molecule has 0 bridgehead atoms. The number of furan rings is 1. The average molecular weight is 288 g/mol. The number of hydrogen-bond donors (Lipinski definition) is 1. The minimum absolute atomic E-state index is 0.202. The van der Waals surface area contributed by atoms with Gasteiger partial charge in [0.1, 0.15) is 11.5 Å². The maximum atomic E-state index is 11.7. The summed E-state index contributed by atoms with van der Waals surface area (Å²) >= 11 is 0. The Kier molecular flexibility index (Phi) is 4.61. The van der Waals surface area contributed by atoms with Crippen molar-refractivity contribution in [3.05, 3.63) is 47.9 Å². The second kappa shape index (κ2) is 6.60. The van der Waals surface area contributed by atoms with Gasteiger partial charge < -0.3 is 13.9 Å². The summed E-state index contributed by atoms with van der Waals surface area (Å²) in [7, 11) is 3.14. The highest BCUT2D eigenvalue weighted by molar-refractivity contribution is 6.02. The van der Waals surface area contributed by atoms with Crippen molar-refractivity contribution < 1.29 is 18.7 Å². The molecule has 1 amide bonds. The standard InChI is InChI=1S/C15H16N2O4/c1-10(16-17-15(18)13-5-4-8-21-13)12-7-6-11(19-2)9-14(12)20-3/h4-9H,1-3H3,(H,17,18)/b16-10-. The van der Waals surface area contributed by atoms with Gasteiger partial charge in [0.2, 0.25) is 0 Å². The van der Waals surface area contributed by atoms with Crippen molar-refractivity contribution in [3.8, 4) is 11.5 Å². The van der Waals surface area contributed by atoms with E-state index in [4.69, 9.17) is 13.9 Å². The van der Waals surface area contributed by atoms with E-state index in [1.807, 2.05) is 6.07 Å². The second-order valence-electron chi connectivity index (χ2n) is 4.18. The van der Waals surface area contributed by atoms with Gasteiger partial charge in [0.15, 0.2) is 5.76 Å². The fourth-order valence-corrected chi connectivity index (χ4v) is 1.76.